The highest BCUT2D eigenvalue weighted by atomic mass is 16.5. The molecule has 1 aliphatic rings. The van der Waals surface area contributed by atoms with Gasteiger partial charge in [-0.1, -0.05) is 48.5 Å². The molecule has 35 heavy (non-hydrogen) atoms. The smallest absolute Gasteiger partial charge is 0.295 e. The summed E-state index contributed by atoms with van der Waals surface area (Å²) in [5.41, 5.74) is 1.70. The maximum absolute atomic E-state index is 13.3. The SMILES string of the molecule is CCOc1cccc(/C(O)=C2\C(=O)C(=O)N(Cc3ccccc3)C2c2ccc(O)c(OCC)c2)c1. The summed E-state index contributed by atoms with van der Waals surface area (Å²) in [6.45, 7) is 4.57. The Hall–Kier alpha value is -4.26. The topological polar surface area (TPSA) is 96.3 Å². The van der Waals surface area contributed by atoms with E-state index in [2.05, 4.69) is 0 Å². The molecule has 1 unspecified atom stereocenters. The van der Waals surface area contributed by atoms with Crippen LogP contribution in [0.4, 0.5) is 0 Å². The van der Waals surface area contributed by atoms with Crippen molar-refractivity contribution in [2.24, 2.45) is 0 Å². The first kappa shape index (κ1) is 23.9. The number of benzene rings is 3. The number of hydrogen-bond donors (Lipinski definition) is 2. The predicted molar refractivity (Wildman–Crippen MR) is 131 cm³/mol. The molecule has 0 aromatic heterocycles. The molecule has 1 aliphatic heterocycles. The molecule has 1 atom stereocenters. The second kappa shape index (κ2) is 10.3. The van der Waals surface area contributed by atoms with Crippen LogP contribution in [-0.4, -0.2) is 40.0 Å². The van der Waals surface area contributed by atoms with Crippen molar-refractivity contribution in [3.05, 3.63) is 95.1 Å². The number of nitrogens with zero attached hydrogens (tertiary/aromatic N) is 1. The number of aliphatic hydroxyl groups excluding tert-OH is 1. The number of likely N-dealkylation sites (tertiary alicyclic amines) is 1. The van der Waals surface area contributed by atoms with Gasteiger partial charge in [-0.2, -0.15) is 0 Å². The minimum atomic E-state index is -0.884. The molecular formula is C28H27NO6. The maximum Gasteiger partial charge on any atom is 0.295 e. The number of ether oxygens (including phenoxy) is 2. The number of amides is 1. The number of hydrogen-bond acceptors (Lipinski definition) is 6. The summed E-state index contributed by atoms with van der Waals surface area (Å²) in [4.78, 5) is 27.9. The lowest BCUT2D eigenvalue weighted by Crippen LogP contribution is -2.29. The third-order valence-electron chi connectivity index (χ3n) is 5.75. The Morgan fingerprint density at radius 3 is 2.37 bits per heavy atom. The second-order valence-corrected chi connectivity index (χ2v) is 8.03. The number of Topliss-reactive ketones (excluding diaryl/α,β-unsaturated/α-hetero) is 1. The van der Waals surface area contributed by atoms with E-state index in [9.17, 15) is 19.8 Å². The quantitative estimate of drug-likeness (QED) is 0.277. The van der Waals surface area contributed by atoms with Gasteiger partial charge in [0.05, 0.1) is 24.8 Å². The normalized spacial score (nSPS) is 17.0. The molecule has 180 valence electrons. The minimum Gasteiger partial charge on any atom is -0.507 e. The molecule has 1 fully saturated rings. The van der Waals surface area contributed by atoms with Crippen LogP contribution >= 0.6 is 0 Å². The number of aromatic hydroxyl groups is 1. The molecule has 7 nitrogen and oxygen atoms in total. The highest BCUT2D eigenvalue weighted by Crippen LogP contribution is 2.42. The lowest BCUT2D eigenvalue weighted by Gasteiger charge is -2.26. The lowest BCUT2D eigenvalue weighted by molar-refractivity contribution is -0.140. The molecule has 1 heterocycles. The number of phenols is 1. The van der Waals surface area contributed by atoms with E-state index < -0.39 is 17.7 Å². The molecule has 0 aliphatic carbocycles. The first-order valence-corrected chi connectivity index (χ1v) is 11.5. The van der Waals surface area contributed by atoms with Crippen LogP contribution in [0.15, 0.2) is 78.4 Å². The number of carbonyl (C=O) groups is 2. The van der Waals surface area contributed by atoms with E-state index in [0.29, 0.717) is 30.1 Å². The number of phenolic OH excluding ortho intramolecular Hbond substituents is 1. The van der Waals surface area contributed by atoms with Crippen LogP contribution in [0, 0.1) is 0 Å². The van der Waals surface area contributed by atoms with Gasteiger partial charge in [-0.25, -0.2) is 0 Å². The van der Waals surface area contributed by atoms with Crippen molar-refractivity contribution in [2.75, 3.05) is 13.2 Å². The predicted octanol–water partition coefficient (Wildman–Crippen LogP) is 4.81. The summed E-state index contributed by atoms with van der Waals surface area (Å²) < 4.78 is 11.1. The zero-order valence-corrected chi connectivity index (χ0v) is 19.6. The van der Waals surface area contributed by atoms with Gasteiger partial charge in [-0.05, 0) is 49.2 Å². The molecule has 0 radical (unpaired) electrons. The average molecular weight is 474 g/mol. The highest BCUT2D eigenvalue weighted by molar-refractivity contribution is 6.46. The number of aliphatic hydroxyl groups is 1. The van der Waals surface area contributed by atoms with Crippen molar-refractivity contribution in [2.45, 2.75) is 26.4 Å². The molecule has 7 heteroatoms. The zero-order valence-electron chi connectivity index (χ0n) is 19.6. The van der Waals surface area contributed by atoms with Crippen molar-refractivity contribution < 1.29 is 29.3 Å². The van der Waals surface area contributed by atoms with E-state index in [-0.39, 0.29) is 29.4 Å². The Kier molecular flexibility index (Phi) is 7.06. The third kappa shape index (κ3) is 4.84. The van der Waals surface area contributed by atoms with E-state index in [0.717, 1.165) is 5.56 Å². The van der Waals surface area contributed by atoms with Crippen molar-refractivity contribution >= 4 is 17.4 Å². The molecule has 0 spiro atoms. The van der Waals surface area contributed by atoms with Crippen molar-refractivity contribution in [3.63, 3.8) is 0 Å². The average Bonchev–Trinajstić information content (AvgIpc) is 3.11. The van der Waals surface area contributed by atoms with Crippen LogP contribution in [-0.2, 0) is 16.1 Å². The van der Waals surface area contributed by atoms with Gasteiger partial charge in [-0.3, -0.25) is 9.59 Å². The van der Waals surface area contributed by atoms with Gasteiger partial charge < -0.3 is 24.6 Å². The van der Waals surface area contributed by atoms with Crippen molar-refractivity contribution in [1.82, 2.24) is 4.90 Å². The zero-order chi connectivity index (χ0) is 24.9. The van der Waals surface area contributed by atoms with Crippen LogP contribution < -0.4 is 9.47 Å². The molecule has 3 aromatic rings. The van der Waals surface area contributed by atoms with Gasteiger partial charge in [0, 0.05) is 12.1 Å². The standard InChI is InChI=1S/C28H27NO6/c1-3-34-21-12-8-11-20(15-21)26(31)24-25(19-13-14-22(30)23(16-19)35-4-2)29(28(33)27(24)32)17-18-9-6-5-7-10-18/h5-16,25,30-31H,3-4,17H2,1-2H3/b26-24+. The summed E-state index contributed by atoms with van der Waals surface area (Å²) in [6, 6.07) is 19.8. The van der Waals surface area contributed by atoms with E-state index >= 15 is 0 Å². The molecule has 1 saturated heterocycles. The van der Waals surface area contributed by atoms with E-state index in [1.54, 1.807) is 43.3 Å². The largest absolute Gasteiger partial charge is 0.507 e. The third-order valence-corrected chi connectivity index (χ3v) is 5.75. The van der Waals surface area contributed by atoms with Gasteiger partial charge in [0.2, 0.25) is 0 Å². The molecule has 3 aromatic carbocycles. The Morgan fingerprint density at radius 1 is 0.914 bits per heavy atom. The Balaban J connectivity index is 1.87. The monoisotopic (exact) mass is 473 g/mol. The number of carbonyl (C=O) groups excluding carboxylic acids is 2. The number of rotatable bonds is 8. The fourth-order valence-electron chi connectivity index (χ4n) is 4.20. The van der Waals surface area contributed by atoms with E-state index in [1.807, 2.05) is 37.3 Å². The van der Waals surface area contributed by atoms with E-state index in [1.165, 1.54) is 11.0 Å². The van der Waals surface area contributed by atoms with Crippen LogP contribution in [0.5, 0.6) is 17.2 Å². The van der Waals surface area contributed by atoms with Gasteiger partial charge in [0.25, 0.3) is 11.7 Å². The van der Waals surface area contributed by atoms with Crippen molar-refractivity contribution in [1.29, 1.82) is 0 Å². The second-order valence-electron chi connectivity index (χ2n) is 8.03. The Morgan fingerprint density at radius 2 is 1.66 bits per heavy atom. The van der Waals surface area contributed by atoms with Crippen LogP contribution in [0.25, 0.3) is 5.76 Å². The minimum absolute atomic E-state index is 0.0345. The highest BCUT2D eigenvalue weighted by Gasteiger charge is 2.46. The maximum atomic E-state index is 13.3. The van der Waals surface area contributed by atoms with Gasteiger partial charge in [0.15, 0.2) is 11.5 Å². The molecule has 2 N–H and O–H groups in total. The van der Waals surface area contributed by atoms with E-state index in [4.69, 9.17) is 9.47 Å². The van der Waals surface area contributed by atoms with Crippen LogP contribution in [0.1, 0.15) is 36.6 Å². The summed E-state index contributed by atoms with van der Waals surface area (Å²) in [6.07, 6.45) is 0. The Labute approximate surface area is 203 Å². The fraction of sp³-hybridized carbons (Fsp3) is 0.214. The lowest BCUT2D eigenvalue weighted by atomic mass is 9.94. The summed E-state index contributed by atoms with van der Waals surface area (Å²) in [5.74, 6) is -1.08. The summed E-state index contributed by atoms with van der Waals surface area (Å²) >= 11 is 0. The molecule has 4 rings (SSSR count). The first-order chi connectivity index (χ1) is 16.9. The molecule has 1 amide bonds. The molecule has 0 bridgehead atoms. The van der Waals surface area contributed by atoms with Crippen LogP contribution in [0.2, 0.25) is 0 Å². The molecule has 0 saturated carbocycles. The van der Waals surface area contributed by atoms with Crippen LogP contribution in [0.3, 0.4) is 0 Å². The Bertz CT molecular complexity index is 1270. The molecular weight excluding hydrogens is 446 g/mol. The summed E-state index contributed by atoms with van der Waals surface area (Å²) in [7, 11) is 0. The van der Waals surface area contributed by atoms with Gasteiger partial charge in [0.1, 0.15) is 11.5 Å². The fourth-order valence-corrected chi connectivity index (χ4v) is 4.20. The summed E-state index contributed by atoms with van der Waals surface area (Å²) in [5, 5.41) is 21.5. The number of ketones is 1. The first-order valence-electron chi connectivity index (χ1n) is 11.5. The van der Waals surface area contributed by atoms with Crippen molar-refractivity contribution in [3.8, 4) is 17.2 Å². The van der Waals surface area contributed by atoms with Gasteiger partial charge in [-0.15, -0.1) is 0 Å². The van der Waals surface area contributed by atoms with Gasteiger partial charge >= 0.3 is 0 Å².